The molecule has 4 saturated carbocycles. The third-order valence-corrected chi connectivity index (χ3v) is 6.95. The van der Waals surface area contributed by atoms with Crippen LogP contribution in [0, 0.1) is 0 Å². The van der Waals surface area contributed by atoms with Gasteiger partial charge in [0.15, 0.2) is 0 Å². The monoisotopic (exact) mass is 471 g/mol. The van der Waals surface area contributed by atoms with Crippen molar-refractivity contribution in [1.82, 2.24) is 15.5 Å². The number of nitrogens with one attached hydrogen (secondary N) is 1. The van der Waals surface area contributed by atoms with Crippen molar-refractivity contribution in [2.24, 2.45) is 0 Å². The van der Waals surface area contributed by atoms with Crippen LogP contribution in [0.1, 0.15) is 55.4 Å². The lowest BCUT2D eigenvalue weighted by molar-refractivity contribution is -0.352. The summed E-state index contributed by atoms with van der Waals surface area (Å²) in [6.45, 7) is 0. The summed E-state index contributed by atoms with van der Waals surface area (Å²) in [6, 6.07) is 6.94. The summed E-state index contributed by atoms with van der Waals surface area (Å²) >= 11 is 5.85. The molecule has 0 radical (unpaired) electrons. The minimum Gasteiger partial charge on any atom is -0.424 e. The van der Waals surface area contributed by atoms with E-state index >= 15 is 0 Å². The minimum atomic E-state index is -4.64. The van der Waals surface area contributed by atoms with Gasteiger partial charge < -0.3 is 14.8 Å². The highest BCUT2D eigenvalue weighted by Crippen LogP contribution is 2.67. The molecule has 2 aromatic rings. The van der Waals surface area contributed by atoms with E-state index in [0.717, 1.165) is 5.56 Å². The maximum absolute atomic E-state index is 12.4. The molecule has 7 nitrogen and oxygen atoms in total. The van der Waals surface area contributed by atoms with Gasteiger partial charge in [-0.2, -0.15) is 0 Å². The number of rotatable bonds is 7. The zero-order valence-electron chi connectivity index (χ0n) is 16.9. The van der Waals surface area contributed by atoms with E-state index in [1.165, 1.54) is 0 Å². The first-order valence-electron chi connectivity index (χ1n) is 10.4. The number of carbonyl (C=O) groups excluding carboxylic acids is 1. The highest BCUT2D eigenvalue weighted by atomic mass is 35.5. The van der Waals surface area contributed by atoms with Crippen LogP contribution < -0.4 is 5.32 Å². The second-order valence-electron chi connectivity index (χ2n) is 9.23. The van der Waals surface area contributed by atoms with E-state index in [1.807, 2.05) is 0 Å². The van der Waals surface area contributed by atoms with E-state index in [1.54, 1.807) is 24.3 Å². The van der Waals surface area contributed by atoms with Crippen molar-refractivity contribution in [3.05, 3.63) is 46.6 Å². The van der Waals surface area contributed by atoms with Gasteiger partial charge in [0.05, 0.1) is 11.5 Å². The number of ether oxygens (including phenoxy) is 1. The van der Waals surface area contributed by atoms with Gasteiger partial charge in [-0.25, -0.2) is 0 Å². The van der Waals surface area contributed by atoms with Crippen LogP contribution in [0.5, 0.6) is 0 Å². The first kappa shape index (κ1) is 21.7. The highest BCUT2D eigenvalue weighted by molar-refractivity contribution is 6.30. The number of benzene rings is 1. The van der Waals surface area contributed by atoms with E-state index in [4.69, 9.17) is 16.0 Å². The summed E-state index contributed by atoms with van der Waals surface area (Å²) in [6.07, 6.45) is -4.20. The molecule has 4 aliphatic carbocycles. The molecule has 0 unspecified atom stereocenters. The molecule has 6 rings (SSSR count). The van der Waals surface area contributed by atoms with Gasteiger partial charge in [0, 0.05) is 22.9 Å². The van der Waals surface area contributed by atoms with Gasteiger partial charge in [-0.3, -0.25) is 9.53 Å². The third-order valence-electron chi connectivity index (χ3n) is 6.70. The van der Waals surface area contributed by atoms with Crippen LogP contribution in [0.4, 0.5) is 13.2 Å². The molecule has 2 N–H and O–H groups in total. The van der Waals surface area contributed by atoms with Crippen molar-refractivity contribution in [2.45, 2.75) is 74.0 Å². The van der Waals surface area contributed by atoms with Crippen molar-refractivity contribution in [3.8, 4) is 0 Å². The summed E-state index contributed by atoms with van der Waals surface area (Å²) in [5, 5.41) is 21.9. The maximum Gasteiger partial charge on any atom is 0.522 e. The summed E-state index contributed by atoms with van der Waals surface area (Å²) in [5.74, 6) is 0.144. The van der Waals surface area contributed by atoms with Crippen molar-refractivity contribution in [3.63, 3.8) is 0 Å². The van der Waals surface area contributed by atoms with Crippen LogP contribution in [0.2, 0.25) is 5.02 Å². The number of amides is 1. The zero-order chi connectivity index (χ0) is 22.7. The van der Waals surface area contributed by atoms with Crippen molar-refractivity contribution < 1.29 is 32.2 Å². The second-order valence-corrected chi connectivity index (χ2v) is 9.66. The SMILES string of the molecule is O=C(NC12CC(c3nnc(C4CC(OC(F)(F)F)C4)o3)(C1)C2)[C@@H](O)Cc1ccc(Cl)cc1. The lowest BCUT2D eigenvalue weighted by Crippen LogP contribution is -2.77. The molecular formula is C21H21ClF3N3O4. The molecule has 1 aromatic heterocycles. The lowest BCUT2D eigenvalue weighted by atomic mass is 9.39. The molecule has 1 amide bonds. The van der Waals surface area contributed by atoms with E-state index in [0.29, 0.717) is 36.1 Å². The Hall–Kier alpha value is -2.17. The molecule has 0 saturated heterocycles. The molecule has 172 valence electrons. The summed E-state index contributed by atoms with van der Waals surface area (Å²) in [4.78, 5) is 12.4. The topological polar surface area (TPSA) is 97.5 Å². The predicted molar refractivity (Wildman–Crippen MR) is 105 cm³/mol. The maximum atomic E-state index is 12.4. The molecule has 11 heteroatoms. The van der Waals surface area contributed by atoms with Gasteiger partial charge in [-0.05, 0) is 49.8 Å². The van der Waals surface area contributed by atoms with Crippen LogP contribution in [-0.4, -0.2) is 45.3 Å². The summed E-state index contributed by atoms with van der Waals surface area (Å²) in [5.41, 5.74) is 0.128. The first-order valence-corrected chi connectivity index (χ1v) is 10.8. The Labute approximate surface area is 186 Å². The molecule has 0 aliphatic heterocycles. The number of aliphatic hydroxyl groups excluding tert-OH is 1. The molecule has 1 heterocycles. The summed E-state index contributed by atoms with van der Waals surface area (Å²) < 4.78 is 46.5. The Morgan fingerprint density at radius 1 is 1.25 bits per heavy atom. The second kappa shape index (κ2) is 7.43. The third kappa shape index (κ3) is 3.99. The fraction of sp³-hybridized carbons (Fsp3) is 0.571. The molecule has 0 spiro atoms. The Bertz CT molecular complexity index is 1000. The molecule has 4 fully saturated rings. The quantitative estimate of drug-likeness (QED) is 0.642. The van der Waals surface area contributed by atoms with Crippen LogP contribution in [0.15, 0.2) is 28.7 Å². The van der Waals surface area contributed by atoms with E-state index < -0.39 is 24.5 Å². The van der Waals surface area contributed by atoms with Crippen molar-refractivity contribution in [2.75, 3.05) is 0 Å². The lowest BCUT2D eigenvalue weighted by Gasteiger charge is -2.68. The normalized spacial score (nSPS) is 31.8. The number of halogens is 4. The smallest absolute Gasteiger partial charge is 0.424 e. The molecule has 4 aliphatic rings. The van der Waals surface area contributed by atoms with E-state index in [9.17, 15) is 23.1 Å². The van der Waals surface area contributed by atoms with Crippen LogP contribution in [-0.2, 0) is 21.4 Å². The fourth-order valence-electron chi connectivity index (χ4n) is 5.09. The van der Waals surface area contributed by atoms with Gasteiger partial charge in [-0.15, -0.1) is 23.4 Å². The largest absolute Gasteiger partial charge is 0.522 e. The minimum absolute atomic E-state index is 0.192. The van der Waals surface area contributed by atoms with Crippen molar-refractivity contribution in [1.29, 1.82) is 0 Å². The predicted octanol–water partition coefficient (Wildman–Crippen LogP) is 3.40. The van der Waals surface area contributed by atoms with E-state index in [2.05, 4.69) is 20.3 Å². The van der Waals surface area contributed by atoms with Crippen LogP contribution in [0.3, 0.4) is 0 Å². The zero-order valence-corrected chi connectivity index (χ0v) is 17.6. The average Bonchev–Trinajstić information content (AvgIpc) is 3.09. The number of hydrogen-bond acceptors (Lipinski definition) is 6. The number of nitrogens with zero attached hydrogens (tertiary/aromatic N) is 2. The number of alkyl halides is 3. The summed E-state index contributed by atoms with van der Waals surface area (Å²) in [7, 11) is 0. The molecule has 1 aromatic carbocycles. The molecule has 1 atom stereocenters. The Morgan fingerprint density at radius 3 is 2.53 bits per heavy atom. The first-order chi connectivity index (χ1) is 15.0. The molecule has 2 bridgehead atoms. The van der Waals surface area contributed by atoms with Crippen LogP contribution >= 0.6 is 11.6 Å². The number of aromatic nitrogens is 2. The van der Waals surface area contributed by atoms with Crippen molar-refractivity contribution >= 4 is 17.5 Å². The van der Waals surface area contributed by atoms with Gasteiger partial charge >= 0.3 is 6.36 Å². The van der Waals surface area contributed by atoms with Gasteiger partial charge in [0.1, 0.15) is 6.10 Å². The van der Waals surface area contributed by atoms with Gasteiger partial charge in [-0.1, -0.05) is 23.7 Å². The van der Waals surface area contributed by atoms with E-state index in [-0.39, 0.29) is 36.1 Å². The van der Waals surface area contributed by atoms with Gasteiger partial charge in [0.25, 0.3) is 0 Å². The molecular weight excluding hydrogens is 451 g/mol. The highest BCUT2D eigenvalue weighted by Gasteiger charge is 2.72. The number of carbonyl (C=O) groups is 1. The van der Waals surface area contributed by atoms with Gasteiger partial charge in [0.2, 0.25) is 17.7 Å². The van der Waals surface area contributed by atoms with Crippen LogP contribution in [0.25, 0.3) is 0 Å². The average molecular weight is 472 g/mol. The Kier molecular flexibility index (Phi) is 5.03. The molecule has 32 heavy (non-hydrogen) atoms. The number of aliphatic hydroxyl groups is 1. The Morgan fingerprint density at radius 2 is 1.91 bits per heavy atom. The Balaban J connectivity index is 1.11. The fourth-order valence-corrected chi connectivity index (χ4v) is 5.22. The number of hydrogen-bond donors (Lipinski definition) is 2. The standard InChI is InChI=1S/C21H21ClF3N3O4/c22-13-3-1-11(2-4-13)5-15(29)16(30)26-20-8-19(9-20,10-20)18-28-27-17(31-18)12-6-14(7-12)32-21(23,24)25/h1-4,12,14-15,29H,5-10H2,(H,26,30)/t12?,14?,15-,19?,20?/m0/s1.